The SMILES string of the molecule is CCN(Cc1ccc(C(=O)N(CCN(C)C)CC(=O)OC(C)(C)C)cc1)C(C)C. The molecule has 0 aromatic heterocycles. The monoisotopic (exact) mass is 405 g/mol. The lowest BCUT2D eigenvalue weighted by Gasteiger charge is -2.27. The van der Waals surface area contributed by atoms with Crippen LogP contribution in [0.3, 0.4) is 0 Å². The Bertz CT molecular complexity index is 648. The van der Waals surface area contributed by atoms with Crippen LogP contribution in [0.4, 0.5) is 0 Å². The van der Waals surface area contributed by atoms with Crippen LogP contribution in [0.5, 0.6) is 0 Å². The zero-order valence-electron chi connectivity index (χ0n) is 19.5. The Labute approximate surface area is 176 Å². The number of hydrogen-bond acceptors (Lipinski definition) is 5. The van der Waals surface area contributed by atoms with E-state index in [0.717, 1.165) is 13.1 Å². The number of ether oxygens (including phenoxy) is 1. The van der Waals surface area contributed by atoms with Gasteiger partial charge in [-0.15, -0.1) is 0 Å². The molecule has 0 aliphatic rings. The summed E-state index contributed by atoms with van der Waals surface area (Å²) in [6.07, 6.45) is 0. The number of carbonyl (C=O) groups excluding carboxylic acids is 2. The van der Waals surface area contributed by atoms with Crippen LogP contribution in [0.2, 0.25) is 0 Å². The van der Waals surface area contributed by atoms with Crippen LogP contribution in [0, 0.1) is 0 Å². The van der Waals surface area contributed by atoms with Crippen molar-refractivity contribution in [3.8, 4) is 0 Å². The molecule has 1 aromatic carbocycles. The minimum absolute atomic E-state index is 0.0529. The Balaban J connectivity index is 2.90. The van der Waals surface area contributed by atoms with Crippen molar-refractivity contribution in [1.29, 1.82) is 0 Å². The maximum atomic E-state index is 13.0. The fourth-order valence-corrected chi connectivity index (χ4v) is 2.93. The maximum Gasteiger partial charge on any atom is 0.326 e. The Kier molecular flexibility index (Phi) is 9.80. The van der Waals surface area contributed by atoms with Crippen molar-refractivity contribution in [3.05, 3.63) is 35.4 Å². The summed E-state index contributed by atoms with van der Waals surface area (Å²) >= 11 is 0. The van der Waals surface area contributed by atoms with Gasteiger partial charge in [0.05, 0.1) is 0 Å². The van der Waals surface area contributed by atoms with Crippen LogP contribution in [0.15, 0.2) is 24.3 Å². The molecule has 29 heavy (non-hydrogen) atoms. The number of carbonyl (C=O) groups is 2. The third kappa shape index (κ3) is 9.41. The topological polar surface area (TPSA) is 53.1 Å². The van der Waals surface area contributed by atoms with E-state index in [-0.39, 0.29) is 12.5 Å². The fraction of sp³-hybridized carbons (Fsp3) is 0.652. The quantitative estimate of drug-likeness (QED) is 0.559. The van der Waals surface area contributed by atoms with E-state index < -0.39 is 11.6 Å². The summed E-state index contributed by atoms with van der Waals surface area (Å²) in [4.78, 5) is 31.3. The second-order valence-corrected chi connectivity index (χ2v) is 8.97. The molecule has 0 atom stereocenters. The van der Waals surface area contributed by atoms with E-state index in [1.807, 2.05) is 64.0 Å². The van der Waals surface area contributed by atoms with Crippen LogP contribution in [-0.4, -0.2) is 78.5 Å². The molecule has 0 heterocycles. The van der Waals surface area contributed by atoms with E-state index in [4.69, 9.17) is 4.74 Å². The number of nitrogens with zero attached hydrogens (tertiary/aromatic N) is 3. The van der Waals surface area contributed by atoms with Gasteiger partial charge in [0.25, 0.3) is 5.91 Å². The first-order chi connectivity index (χ1) is 13.4. The molecule has 0 N–H and O–H groups in total. The summed E-state index contributed by atoms with van der Waals surface area (Å²) in [6, 6.07) is 8.16. The molecule has 1 amide bonds. The molecule has 1 aromatic rings. The molecule has 0 spiro atoms. The lowest BCUT2D eigenvalue weighted by Crippen LogP contribution is -2.42. The third-order valence-electron chi connectivity index (χ3n) is 4.57. The lowest BCUT2D eigenvalue weighted by molar-refractivity contribution is -0.155. The summed E-state index contributed by atoms with van der Waals surface area (Å²) < 4.78 is 5.41. The van der Waals surface area contributed by atoms with Crippen LogP contribution in [0.1, 0.15) is 57.5 Å². The predicted molar refractivity (Wildman–Crippen MR) is 118 cm³/mol. The number of rotatable bonds is 10. The number of amides is 1. The lowest BCUT2D eigenvalue weighted by atomic mass is 10.1. The first kappa shape index (κ1) is 25.1. The van der Waals surface area contributed by atoms with E-state index in [1.165, 1.54) is 5.56 Å². The highest BCUT2D eigenvalue weighted by Gasteiger charge is 2.23. The highest BCUT2D eigenvalue weighted by Crippen LogP contribution is 2.13. The zero-order chi connectivity index (χ0) is 22.2. The van der Waals surface area contributed by atoms with Gasteiger partial charge in [0.2, 0.25) is 0 Å². The fourth-order valence-electron chi connectivity index (χ4n) is 2.93. The largest absolute Gasteiger partial charge is 0.459 e. The Hall–Kier alpha value is -1.92. The van der Waals surface area contributed by atoms with Gasteiger partial charge in [-0.25, -0.2) is 0 Å². The van der Waals surface area contributed by atoms with Gasteiger partial charge in [-0.1, -0.05) is 19.1 Å². The average Bonchev–Trinajstić information content (AvgIpc) is 2.61. The van der Waals surface area contributed by atoms with Crippen molar-refractivity contribution in [1.82, 2.24) is 14.7 Å². The molecule has 0 saturated heterocycles. The Morgan fingerprint density at radius 3 is 2.07 bits per heavy atom. The molecule has 0 saturated carbocycles. The minimum atomic E-state index is -0.573. The normalized spacial score (nSPS) is 12.0. The van der Waals surface area contributed by atoms with E-state index in [9.17, 15) is 9.59 Å². The van der Waals surface area contributed by atoms with Gasteiger partial charge in [-0.3, -0.25) is 14.5 Å². The van der Waals surface area contributed by atoms with Crippen molar-refractivity contribution in [2.45, 2.75) is 59.7 Å². The standard InChI is InChI=1S/C23H39N3O3/c1-9-25(18(2)3)16-19-10-12-20(13-11-19)22(28)26(15-14-24(7)8)17-21(27)29-23(4,5)6/h10-13,18H,9,14-17H2,1-8H3. The summed E-state index contributed by atoms with van der Waals surface area (Å²) in [7, 11) is 3.89. The second kappa shape index (κ2) is 11.3. The summed E-state index contributed by atoms with van der Waals surface area (Å²) in [6.45, 7) is 14.9. The highest BCUT2D eigenvalue weighted by atomic mass is 16.6. The van der Waals surface area contributed by atoms with Crippen molar-refractivity contribution in [3.63, 3.8) is 0 Å². The molecule has 6 nitrogen and oxygen atoms in total. The molecule has 0 unspecified atom stereocenters. The number of likely N-dealkylation sites (N-methyl/N-ethyl adjacent to an activating group) is 1. The van der Waals surface area contributed by atoms with E-state index in [2.05, 4.69) is 25.7 Å². The molecular weight excluding hydrogens is 366 g/mol. The third-order valence-corrected chi connectivity index (χ3v) is 4.57. The van der Waals surface area contributed by atoms with Gasteiger partial charge < -0.3 is 14.5 Å². The average molecular weight is 406 g/mol. The highest BCUT2D eigenvalue weighted by molar-refractivity contribution is 5.96. The molecular formula is C23H39N3O3. The molecule has 0 aliphatic carbocycles. The van der Waals surface area contributed by atoms with Crippen molar-refractivity contribution in [2.24, 2.45) is 0 Å². The van der Waals surface area contributed by atoms with Gasteiger partial charge in [-0.05, 0) is 73.0 Å². The molecule has 0 radical (unpaired) electrons. The minimum Gasteiger partial charge on any atom is -0.459 e. The molecule has 164 valence electrons. The second-order valence-electron chi connectivity index (χ2n) is 8.97. The maximum absolute atomic E-state index is 13.0. The Morgan fingerprint density at radius 1 is 1.03 bits per heavy atom. The van der Waals surface area contributed by atoms with Crippen LogP contribution < -0.4 is 0 Å². The van der Waals surface area contributed by atoms with Gasteiger partial charge in [0.15, 0.2) is 0 Å². The zero-order valence-corrected chi connectivity index (χ0v) is 19.5. The number of hydrogen-bond donors (Lipinski definition) is 0. The molecule has 0 fully saturated rings. The van der Waals surface area contributed by atoms with E-state index >= 15 is 0 Å². The van der Waals surface area contributed by atoms with Crippen molar-refractivity contribution < 1.29 is 14.3 Å². The van der Waals surface area contributed by atoms with Crippen molar-refractivity contribution in [2.75, 3.05) is 40.3 Å². The number of esters is 1. The van der Waals surface area contributed by atoms with Gasteiger partial charge in [0, 0.05) is 31.2 Å². The van der Waals surface area contributed by atoms with Crippen LogP contribution >= 0.6 is 0 Å². The smallest absolute Gasteiger partial charge is 0.326 e. The predicted octanol–water partition coefficient (Wildman–Crippen LogP) is 3.26. The van der Waals surface area contributed by atoms with E-state index in [0.29, 0.717) is 24.7 Å². The first-order valence-corrected chi connectivity index (χ1v) is 10.4. The molecule has 0 aliphatic heterocycles. The van der Waals surface area contributed by atoms with Gasteiger partial charge in [-0.2, -0.15) is 0 Å². The first-order valence-electron chi connectivity index (χ1n) is 10.4. The molecule has 0 bridgehead atoms. The van der Waals surface area contributed by atoms with E-state index in [1.54, 1.807) is 4.90 Å². The molecule has 6 heteroatoms. The van der Waals surface area contributed by atoms with Gasteiger partial charge in [0.1, 0.15) is 12.1 Å². The summed E-state index contributed by atoms with van der Waals surface area (Å²) in [5.41, 5.74) is 1.18. The van der Waals surface area contributed by atoms with Crippen LogP contribution in [-0.2, 0) is 16.1 Å². The summed E-state index contributed by atoms with van der Waals surface area (Å²) in [5, 5.41) is 0. The van der Waals surface area contributed by atoms with Crippen LogP contribution in [0.25, 0.3) is 0 Å². The van der Waals surface area contributed by atoms with Crippen molar-refractivity contribution >= 4 is 11.9 Å². The Morgan fingerprint density at radius 2 is 1.62 bits per heavy atom. The molecule has 1 rings (SSSR count). The number of benzene rings is 1. The summed E-state index contributed by atoms with van der Waals surface area (Å²) in [5.74, 6) is -0.544. The van der Waals surface area contributed by atoms with Gasteiger partial charge >= 0.3 is 5.97 Å².